The molecule has 0 amide bonds. The Kier molecular flexibility index (Phi) is 15.8. The first kappa shape index (κ1) is 65.5. The first-order valence-corrected chi connectivity index (χ1v) is 39.4. The number of furan rings is 1. The molecule has 0 N–H and O–H groups in total. The van der Waals surface area contributed by atoms with Gasteiger partial charge >= 0.3 is 0 Å². The second-order valence-corrected chi connectivity index (χ2v) is 30.5. The Balaban J connectivity index is 0.000000142. The molecule has 0 aliphatic rings. The lowest BCUT2D eigenvalue weighted by Gasteiger charge is -2.12. The van der Waals surface area contributed by atoms with Gasteiger partial charge < -0.3 is 13.6 Å². The van der Waals surface area contributed by atoms with Crippen molar-refractivity contribution in [2.45, 2.75) is 0 Å². The van der Waals surface area contributed by atoms with Crippen LogP contribution in [0.25, 0.3) is 219 Å². The van der Waals surface area contributed by atoms with Crippen molar-refractivity contribution < 1.29 is 4.42 Å². The summed E-state index contributed by atoms with van der Waals surface area (Å²) in [4.78, 5) is 30.7. The Hall–Kier alpha value is -14.6. The van der Waals surface area contributed by atoms with Gasteiger partial charge in [0.15, 0.2) is 34.9 Å². The predicted molar refractivity (Wildman–Crippen MR) is 470 cm³/mol. The number of rotatable bonds is 11. The van der Waals surface area contributed by atoms with Crippen molar-refractivity contribution in [3.63, 3.8) is 0 Å². The van der Waals surface area contributed by atoms with Crippen LogP contribution in [0.1, 0.15) is 0 Å². The van der Waals surface area contributed by atoms with Crippen LogP contribution < -0.4 is 0 Å². The van der Waals surface area contributed by atoms with E-state index < -0.39 is 0 Å². The zero-order valence-electron chi connectivity index (χ0n) is 60.6. The van der Waals surface area contributed by atoms with Crippen LogP contribution in [0.5, 0.6) is 0 Å². The molecule has 0 aliphatic carbocycles. The van der Waals surface area contributed by atoms with Gasteiger partial charge in [-0.15, -0.1) is 22.7 Å². The van der Waals surface area contributed by atoms with Gasteiger partial charge in [-0.3, -0.25) is 0 Å². The standard InChI is InChI=1S/C57H34N4OS.C45H28N4S/c1-4-15-35(16-5-1)55-58-56(36-17-6-2-7-18-36)60-57(59-55)47-33-40(32-46-43-24-11-13-26-51(43)63-54(46)47)38-20-14-19-37(31-38)39-27-28-45-49(34-39)61(41-21-8-3-9-22-41)48-30-29-44-42-23-10-12-25-50(42)62-53(44)52(45)48;1-3-13-30(14-4-1)43-46-44(31-15-5-2-6-16-31)48-45(47-43)38-28-32(27-37-36-19-9-12-22-41(36)50-42(37)38)29-23-25-33(26-24-29)49-39-20-10-7-17-34(39)35-18-8-11-21-40(35)49/h1-34H;1-28H. The minimum absolute atomic E-state index is 0.644. The van der Waals surface area contributed by atoms with Crippen LogP contribution >= 0.6 is 22.7 Å². The van der Waals surface area contributed by atoms with Crippen LogP contribution in [-0.2, 0) is 0 Å². The third-order valence-corrected chi connectivity index (χ3v) is 24.1. The van der Waals surface area contributed by atoms with Crippen molar-refractivity contribution in [2.75, 3.05) is 0 Å². The number of para-hydroxylation sites is 4. The predicted octanol–water partition coefficient (Wildman–Crippen LogP) is 27.6. The van der Waals surface area contributed by atoms with Crippen LogP contribution in [0.15, 0.2) is 381 Å². The molecule has 0 saturated heterocycles. The highest BCUT2D eigenvalue weighted by Crippen LogP contribution is 2.47. The monoisotopic (exact) mass is 1480 g/mol. The summed E-state index contributed by atoms with van der Waals surface area (Å²) in [5, 5.41) is 11.9. The molecule has 23 rings (SSSR count). The van der Waals surface area contributed by atoms with E-state index in [0.717, 1.165) is 127 Å². The number of aromatic nitrogens is 8. The highest BCUT2D eigenvalue weighted by Gasteiger charge is 2.24. The van der Waals surface area contributed by atoms with Gasteiger partial charge in [-0.25, -0.2) is 29.9 Å². The molecule has 11 heteroatoms. The lowest BCUT2D eigenvalue weighted by Crippen LogP contribution is -2.00. The molecule has 0 aliphatic heterocycles. The molecule has 0 saturated carbocycles. The number of thiophene rings is 2. The Labute approximate surface area is 656 Å². The van der Waals surface area contributed by atoms with Crippen LogP contribution in [0.3, 0.4) is 0 Å². The first-order chi connectivity index (χ1) is 56.0. The minimum atomic E-state index is 0.644. The fraction of sp³-hybridized carbons (Fsp3) is 0. The average Bonchev–Trinajstić information content (AvgIpc) is 1.56. The fourth-order valence-electron chi connectivity index (χ4n) is 16.4. The molecule has 0 spiro atoms. The molecule has 23 aromatic rings. The van der Waals surface area contributed by atoms with Crippen molar-refractivity contribution in [3.05, 3.63) is 376 Å². The second kappa shape index (κ2) is 27.2. The average molecular weight is 1480 g/mol. The lowest BCUT2D eigenvalue weighted by molar-refractivity contribution is 0.673. The van der Waals surface area contributed by atoms with E-state index in [4.69, 9.17) is 34.3 Å². The molecule has 0 atom stereocenters. The molecule has 113 heavy (non-hydrogen) atoms. The minimum Gasteiger partial charge on any atom is -0.455 e. The van der Waals surface area contributed by atoms with Crippen LogP contribution in [0.4, 0.5) is 0 Å². The molecule has 0 unspecified atom stereocenters. The summed E-state index contributed by atoms with van der Waals surface area (Å²) in [7, 11) is 0. The molecule has 528 valence electrons. The zero-order chi connectivity index (χ0) is 74.5. The maximum atomic E-state index is 6.63. The van der Waals surface area contributed by atoms with Gasteiger partial charge in [-0.2, -0.15) is 0 Å². The number of nitrogens with zero attached hydrogens (tertiary/aromatic N) is 8. The molecule has 0 bridgehead atoms. The maximum absolute atomic E-state index is 6.63. The first-order valence-electron chi connectivity index (χ1n) is 37.8. The summed E-state index contributed by atoms with van der Waals surface area (Å²) in [6.07, 6.45) is 0. The quantitative estimate of drug-likeness (QED) is 0.127. The van der Waals surface area contributed by atoms with Crippen molar-refractivity contribution in [1.82, 2.24) is 39.0 Å². The summed E-state index contributed by atoms with van der Waals surface area (Å²) >= 11 is 3.57. The van der Waals surface area contributed by atoms with Crippen molar-refractivity contribution >= 4 is 129 Å². The summed E-state index contributed by atoms with van der Waals surface area (Å²) in [5.41, 5.74) is 21.2. The fourth-order valence-corrected chi connectivity index (χ4v) is 18.8. The highest BCUT2D eigenvalue weighted by atomic mass is 32.1. The Morgan fingerprint density at radius 3 is 1.12 bits per heavy atom. The Bertz CT molecular complexity index is 7490. The molecule has 0 radical (unpaired) electrons. The third-order valence-electron chi connectivity index (χ3n) is 21.7. The number of fused-ring (bicyclic) bond motifs is 16. The van der Waals surface area contributed by atoms with E-state index >= 15 is 0 Å². The van der Waals surface area contributed by atoms with Gasteiger partial charge in [0.2, 0.25) is 0 Å². The number of hydrogen-bond donors (Lipinski definition) is 0. The van der Waals surface area contributed by atoms with Gasteiger partial charge in [0, 0.05) is 112 Å². The summed E-state index contributed by atoms with van der Waals surface area (Å²) in [6.45, 7) is 0. The molecular formula is C102H62N8OS2. The van der Waals surface area contributed by atoms with Crippen molar-refractivity contribution in [3.8, 4) is 113 Å². The van der Waals surface area contributed by atoms with E-state index in [1.165, 1.54) is 57.5 Å². The molecule has 0 fully saturated rings. The second-order valence-electron chi connectivity index (χ2n) is 28.4. The van der Waals surface area contributed by atoms with Crippen LogP contribution in [-0.4, -0.2) is 39.0 Å². The molecular weight excluding hydrogens is 1420 g/mol. The maximum Gasteiger partial charge on any atom is 0.165 e. The number of benzene rings is 16. The molecule has 9 nitrogen and oxygen atoms in total. The van der Waals surface area contributed by atoms with Crippen LogP contribution in [0, 0.1) is 0 Å². The molecule has 16 aromatic carbocycles. The van der Waals surface area contributed by atoms with Gasteiger partial charge in [-0.05, 0) is 137 Å². The van der Waals surface area contributed by atoms with Crippen molar-refractivity contribution in [2.24, 2.45) is 0 Å². The van der Waals surface area contributed by atoms with E-state index in [0.29, 0.717) is 34.9 Å². The highest BCUT2D eigenvalue weighted by molar-refractivity contribution is 7.26. The van der Waals surface area contributed by atoms with Gasteiger partial charge in [-0.1, -0.05) is 273 Å². The summed E-state index contributed by atoms with van der Waals surface area (Å²) in [5.74, 6) is 3.92. The van der Waals surface area contributed by atoms with E-state index in [1.54, 1.807) is 22.7 Å². The smallest absolute Gasteiger partial charge is 0.165 e. The van der Waals surface area contributed by atoms with Crippen LogP contribution in [0.2, 0.25) is 0 Å². The Morgan fingerprint density at radius 2 is 0.593 bits per heavy atom. The summed E-state index contributed by atoms with van der Waals surface area (Å²) in [6, 6.07) is 132. The zero-order valence-corrected chi connectivity index (χ0v) is 62.2. The van der Waals surface area contributed by atoms with Gasteiger partial charge in [0.1, 0.15) is 11.2 Å². The number of hydrogen-bond acceptors (Lipinski definition) is 9. The third kappa shape index (κ3) is 11.4. The van der Waals surface area contributed by atoms with E-state index in [-0.39, 0.29) is 0 Å². The van der Waals surface area contributed by atoms with Gasteiger partial charge in [0.05, 0.1) is 27.5 Å². The normalized spacial score (nSPS) is 11.7. The van der Waals surface area contributed by atoms with Gasteiger partial charge in [0.25, 0.3) is 0 Å². The topological polar surface area (TPSA) is 100 Å². The Morgan fingerprint density at radius 1 is 0.212 bits per heavy atom. The van der Waals surface area contributed by atoms with E-state index in [9.17, 15) is 0 Å². The molecule has 7 aromatic heterocycles. The summed E-state index contributed by atoms with van der Waals surface area (Å²) < 4.78 is 16.1. The molecule has 7 heterocycles. The van der Waals surface area contributed by atoms with E-state index in [1.807, 2.05) is 78.9 Å². The van der Waals surface area contributed by atoms with Crippen molar-refractivity contribution in [1.29, 1.82) is 0 Å². The SMILES string of the molecule is c1ccc(-c2nc(-c3ccccc3)nc(-c3cc(-c4ccc(-n5c6ccccc6c6ccccc65)cc4)cc4c3sc3ccccc34)n2)cc1.c1ccc(-c2nc(-c3ccccc3)nc(-c3cc(-c4cccc(-c5ccc6c7c8oc9ccccc9c8ccc7n(-c7ccccc7)c6c5)c4)cc4c3sc3ccccc34)n2)cc1. The largest absolute Gasteiger partial charge is 0.455 e. The lowest BCUT2D eigenvalue weighted by atomic mass is 9.95. The van der Waals surface area contributed by atoms with E-state index in [2.05, 4.69) is 306 Å².